The van der Waals surface area contributed by atoms with Gasteiger partial charge in [0.15, 0.2) is 0 Å². The van der Waals surface area contributed by atoms with Gasteiger partial charge in [0.05, 0.1) is 0 Å². The van der Waals surface area contributed by atoms with Crippen LogP contribution in [0.25, 0.3) is 0 Å². The van der Waals surface area contributed by atoms with Crippen LogP contribution in [0, 0.1) is 0 Å². The first-order chi connectivity index (χ1) is 4.84. The third kappa shape index (κ3) is 1.47. The van der Waals surface area contributed by atoms with Crippen molar-refractivity contribution >= 4 is 13.7 Å². The van der Waals surface area contributed by atoms with E-state index in [2.05, 4.69) is 17.0 Å². The number of hydrogen-bond donors (Lipinski definition) is 0. The summed E-state index contributed by atoms with van der Waals surface area (Å²) >= 11 is 0. The summed E-state index contributed by atoms with van der Waals surface area (Å²) in [6.07, 6.45) is 0. The van der Waals surface area contributed by atoms with Crippen LogP contribution in [0.2, 0.25) is 0 Å². The lowest BCUT2D eigenvalue weighted by molar-refractivity contribution is 1.60. The summed E-state index contributed by atoms with van der Waals surface area (Å²) in [6.45, 7) is 2.01. The van der Waals surface area contributed by atoms with E-state index in [1.54, 1.807) is 0 Å². The van der Waals surface area contributed by atoms with E-state index < -0.39 is 0 Å². The Hall–Kier alpha value is -1.05. The van der Waals surface area contributed by atoms with E-state index in [0.29, 0.717) is 0 Å². The standard InChI is InChI=1S/C8H10BN/c1-7(10-9)8-5-3-2-4-6-8/h2-6H,9H2,1H3/b10-7+. The molecule has 0 saturated heterocycles. The molecule has 1 aromatic rings. The quantitative estimate of drug-likeness (QED) is 0.399. The molecule has 0 amide bonds. The van der Waals surface area contributed by atoms with E-state index in [1.165, 1.54) is 5.56 Å². The molecule has 0 spiro atoms. The molecule has 0 radical (unpaired) electrons. The minimum absolute atomic E-state index is 1.08. The lowest BCUT2D eigenvalue weighted by Gasteiger charge is -1.96. The summed E-state index contributed by atoms with van der Waals surface area (Å²) in [5.74, 6) is 0. The van der Waals surface area contributed by atoms with Crippen molar-refractivity contribution in [2.75, 3.05) is 0 Å². The Balaban J connectivity index is 2.96. The average molecular weight is 131 g/mol. The Morgan fingerprint density at radius 1 is 1.30 bits per heavy atom. The molecule has 0 N–H and O–H groups in total. The molecule has 50 valence electrons. The van der Waals surface area contributed by atoms with E-state index in [0.717, 1.165) is 5.71 Å². The summed E-state index contributed by atoms with van der Waals surface area (Å²) in [5.41, 5.74) is 2.28. The summed E-state index contributed by atoms with van der Waals surface area (Å²) < 4.78 is 0. The second kappa shape index (κ2) is 3.21. The van der Waals surface area contributed by atoms with Gasteiger partial charge in [0.1, 0.15) is 0 Å². The molecule has 2 heteroatoms. The largest absolute Gasteiger partial charge is 0.355 e. The molecule has 0 aromatic heterocycles. The number of benzene rings is 1. The third-order valence-corrected chi connectivity index (χ3v) is 1.53. The summed E-state index contributed by atoms with van der Waals surface area (Å²) in [4.78, 5) is 4.08. The molecule has 1 rings (SSSR count). The van der Waals surface area contributed by atoms with Gasteiger partial charge in [-0.15, -0.1) is 0 Å². The first-order valence-corrected chi connectivity index (χ1v) is 3.33. The van der Waals surface area contributed by atoms with Gasteiger partial charge in [0.25, 0.3) is 0 Å². The SMILES string of the molecule is B/N=C(\C)c1ccccc1. The maximum absolute atomic E-state index is 4.08. The van der Waals surface area contributed by atoms with E-state index in [9.17, 15) is 0 Å². The van der Waals surface area contributed by atoms with Crippen LogP contribution in [0.4, 0.5) is 0 Å². The third-order valence-electron chi connectivity index (χ3n) is 1.53. The number of rotatable bonds is 1. The zero-order valence-electron chi connectivity index (χ0n) is 6.33. The van der Waals surface area contributed by atoms with Gasteiger partial charge >= 0.3 is 0 Å². The van der Waals surface area contributed by atoms with Crippen molar-refractivity contribution in [1.29, 1.82) is 0 Å². The molecule has 0 aliphatic heterocycles. The molecule has 0 fully saturated rings. The fourth-order valence-corrected chi connectivity index (χ4v) is 0.808. The lowest BCUT2D eigenvalue weighted by Crippen LogP contribution is -1.92. The highest BCUT2D eigenvalue weighted by Gasteiger charge is 1.90. The molecule has 0 bridgehead atoms. The number of hydrogen-bond acceptors (Lipinski definition) is 1. The van der Waals surface area contributed by atoms with Crippen molar-refractivity contribution in [2.45, 2.75) is 6.92 Å². The van der Waals surface area contributed by atoms with Crippen molar-refractivity contribution < 1.29 is 0 Å². The molecule has 10 heavy (non-hydrogen) atoms. The van der Waals surface area contributed by atoms with Crippen LogP contribution >= 0.6 is 0 Å². The lowest BCUT2D eigenvalue weighted by atomic mass is 10.1. The van der Waals surface area contributed by atoms with Crippen LogP contribution in [-0.4, -0.2) is 13.7 Å². The Bertz CT molecular complexity index is 228. The smallest absolute Gasteiger partial charge is 0.244 e. The average Bonchev–Trinajstić information content (AvgIpc) is 2.05. The van der Waals surface area contributed by atoms with E-state index in [4.69, 9.17) is 0 Å². The van der Waals surface area contributed by atoms with Gasteiger partial charge in [-0.25, -0.2) is 0 Å². The maximum Gasteiger partial charge on any atom is 0.244 e. The van der Waals surface area contributed by atoms with Gasteiger partial charge in [-0.3, -0.25) is 0 Å². The molecular formula is C8H10BN. The summed E-state index contributed by atoms with van der Waals surface area (Å²) in [5, 5.41) is 0. The Morgan fingerprint density at radius 2 is 1.90 bits per heavy atom. The first kappa shape index (κ1) is 7.07. The molecule has 0 heterocycles. The minimum Gasteiger partial charge on any atom is -0.355 e. The Kier molecular flexibility index (Phi) is 2.27. The normalized spacial score (nSPS) is 11.5. The fraction of sp³-hybridized carbons (Fsp3) is 0.125. The van der Waals surface area contributed by atoms with Gasteiger partial charge in [0, 0.05) is 5.71 Å². The van der Waals surface area contributed by atoms with Crippen LogP contribution < -0.4 is 0 Å². The predicted octanol–water partition coefficient (Wildman–Crippen LogP) is 1.04. The highest BCUT2D eigenvalue weighted by Crippen LogP contribution is 1.99. The van der Waals surface area contributed by atoms with Crippen molar-refractivity contribution in [3.05, 3.63) is 35.9 Å². The monoisotopic (exact) mass is 131 g/mol. The van der Waals surface area contributed by atoms with Crippen molar-refractivity contribution in [3.8, 4) is 0 Å². The summed E-state index contributed by atoms with van der Waals surface area (Å²) in [7, 11) is 1.81. The molecular weight excluding hydrogens is 121 g/mol. The molecule has 0 atom stereocenters. The van der Waals surface area contributed by atoms with Crippen LogP contribution in [-0.2, 0) is 0 Å². The molecule has 0 aliphatic carbocycles. The molecule has 1 nitrogen and oxygen atoms in total. The van der Waals surface area contributed by atoms with Crippen molar-refractivity contribution in [1.82, 2.24) is 0 Å². The fourth-order valence-electron chi connectivity index (χ4n) is 0.808. The van der Waals surface area contributed by atoms with E-state index >= 15 is 0 Å². The van der Waals surface area contributed by atoms with E-state index in [1.807, 2.05) is 33.1 Å². The molecule has 1 aromatic carbocycles. The van der Waals surface area contributed by atoms with E-state index in [-0.39, 0.29) is 0 Å². The van der Waals surface area contributed by atoms with Crippen LogP contribution in [0.3, 0.4) is 0 Å². The van der Waals surface area contributed by atoms with Gasteiger partial charge in [-0.2, -0.15) is 0 Å². The van der Waals surface area contributed by atoms with Gasteiger partial charge in [-0.1, -0.05) is 30.3 Å². The second-order valence-corrected chi connectivity index (χ2v) is 2.18. The zero-order chi connectivity index (χ0) is 7.40. The maximum atomic E-state index is 4.08. The van der Waals surface area contributed by atoms with Gasteiger partial charge in [-0.05, 0) is 12.5 Å². The minimum atomic E-state index is 1.08. The number of nitrogens with zero attached hydrogens (tertiary/aromatic N) is 1. The summed E-state index contributed by atoms with van der Waals surface area (Å²) in [6, 6.07) is 10.2. The first-order valence-electron chi connectivity index (χ1n) is 3.33. The van der Waals surface area contributed by atoms with Crippen LogP contribution in [0.15, 0.2) is 35.2 Å². The molecule has 0 saturated carbocycles. The topological polar surface area (TPSA) is 12.4 Å². The molecule has 0 unspecified atom stereocenters. The predicted molar refractivity (Wildman–Crippen MR) is 47.2 cm³/mol. The zero-order valence-corrected chi connectivity index (χ0v) is 6.33. The van der Waals surface area contributed by atoms with Crippen molar-refractivity contribution in [2.24, 2.45) is 4.90 Å². The molecule has 0 aliphatic rings. The van der Waals surface area contributed by atoms with Crippen molar-refractivity contribution in [3.63, 3.8) is 0 Å². The van der Waals surface area contributed by atoms with Crippen LogP contribution in [0.5, 0.6) is 0 Å². The van der Waals surface area contributed by atoms with Gasteiger partial charge in [0.2, 0.25) is 7.98 Å². The second-order valence-electron chi connectivity index (χ2n) is 2.18. The van der Waals surface area contributed by atoms with Gasteiger partial charge < -0.3 is 4.90 Å². The highest BCUT2D eigenvalue weighted by atomic mass is 14.6. The Morgan fingerprint density at radius 3 is 2.40 bits per heavy atom. The van der Waals surface area contributed by atoms with Crippen LogP contribution in [0.1, 0.15) is 12.5 Å². The highest BCUT2D eigenvalue weighted by molar-refractivity contribution is 6.16. The Labute approximate surface area is 62.2 Å².